The minimum absolute atomic E-state index is 0.419. The van der Waals surface area contributed by atoms with Gasteiger partial charge in [0.05, 0.1) is 0 Å². The maximum Gasteiger partial charge on any atom is 0.138 e. The van der Waals surface area contributed by atoms with Crippen molar-refractivity contribution in [1.29, 1.82) is 0 Å². The molecule has 0 amide bonds. The Labute approximate surface area is 114 Å². The minimum Gasteiger partial charge on any atom is -0.330 e. The summed E-state index contributed by atoms with van der Waals surface area (Å²) < 4.78 is 1.99. The smallest absolute Gasteiger partial charge is 0.138 e. The van der Waals surface area contributed by atoms with Crippen LogP contribution < -0.4 is 5.73 Å². The number of nitrogens with two attached hydrogens (primary N) is 1. The number of benzene rings is 1. The van der Waals surface area contributed by atoms with Gasteiger partial charge in [-0.25, -0.2) is 4.98 Å². The van der Waals surface area contributed by atoms with Crippen molar-refractivity contribution in [1.82, 2.24) is 14.8 Å². The van der Waals surface area contributed by atoms with Crippen LogP contribution in [0.15, 0.2) is 36.7 Å². The van der Waals surface area contributed by atoms with Gasteiger partial charge in [-0.05, 0) is 30.9 Å². The molecular formula is C15H22N4. The first-order valence-corrected chi connectivity index (χ1v) is 6.94. The van der Waals surface area contributed by atoms with Crippen LogP contribution in [0.3, 0.4) is 0 Å². The number of hydrogen-bond donors (Lipinski definition) is 1. The highest BCUT2D eigenvalue weighted by Crippen LogP contribution is 2.12. The van der Waals surface area contributed by atoms with Crippen molar-refractivity contribution in [3.05, 3.63) is 48.0 Å². The lowest BCUT2D eigenvalue weighted by Crippen LogP contribution is -2.21. The van der Waals surface area contributed by atoms with E-state index in [1.165, 1.54) is 5.56 Å². The highest BCUT2D eigenvalue weighted by Gasteiger charge is 2.13. The van der Waals surface area contributed by atoms with Crippen LogP contribution in [0.4, 0.5) is 0 Å². The molecule has 0 saturated carbocycles. The topological polar surface area (TPSA) is 56.7 Å². The Morgan fingerprint density at radius 2 is 2.00 bits per heavy atom. The van der Waals surface area contributed by atoms with Gasteiger partial charge in [0, 0.05) is 13.0 Å². The van der Waals surface area contributed by atoms with Gasteiger partial charge < -0.3 is 5.73 Å². The average Bonchev–Trinajstić information content (AvgIpc) is 2.87. The van der Waals surface area contributed by atoms with Gasteiger partial charge in [0.15, 0.2) is 0 Å². The van der Waals surface area contributed by atoms with E-state index in [0.717, 1.165) is 31.6 Å². The molecule has 19 heavy (non-hydrogen) atoms. The molecule has 0 aliphatic carbocycles. The summed E-state index contributed by atoms with van der Waals surface area (Å²) in [4.78, 5) is 4.36. The molecule has 0 aliphatic rings. The van der Waals surface area contributed by atoms with E-state index in [4.69, 9.17) is 5.73 Å². The van der Waals surface area contributed by atoms with Crippen molar-refractivity contribution in [3.8, 4) is 0 Å². The first-order chi connectivity index (χ1) is 9.33. The monoisotopic (exact) mass is 258 g/mol. The molecule has 1 atom stereocenters. The van der Waals surface area contributed by atoms with Crippen LogP contribution >= 0.6 is 0 Å². The minimum atomic E-state index is 0.419. The Morgan fingerprint density at radius 3 is 2.68 bits per heavy atom. The third-order valence-corrected chi connectivity index (χ3v) is 3.30. The van der Waals surface area contributed by atoms with Gasteiger partial charge >= 0.3 is 0 Å². The van der Waals surface area contributed by atoms with E-state index in [1.54, 1.807) is 6.33 Å². The van der Waals surface area contributed by atoms with E-state index >= 15 is 0 Å². The van der Waals surface area contributed by atoms with Gasteiger partial charge in [-0.15, -0.1) is 0 Å². The second-order valence-electron chi connectivity index (χ2n) is 4.89. The molecule has 0 saturated heterocycles. The molecule has 4 nitrogen and oxygen atoms in total. The second kappa shape index (κ2) is 7.04. The summed E-state index contributed by atoms with van der Waals surface area (Å²) in [7, 11) is 0. The Hall–Kier alpha value is -1.68. The summed E-state index contributed by atoms with van der Waals surface area (Å²) in [6.45, 7) is 3.75. The normalized spacial score (nSPS) is 12.5. The average molecular weight is 258 g/mol. The van der Waals surface area contributed by atoms with E-state index in [1.807, 2.05) is 10.7 Å². The molecule has 0 radical (unpaired) electrons. The Balaban J connectivity index is 2.00. The molecule has 1 heterocycles. The summed E-state index contributed by atoms with van der Waals surface area (Å²) in [5.41, 5.74) is 7.24. The Kier molecular flexibility index (Phi) is 5.10. The van der Waals surface area contributed by atoms with Crippen molar-refractivity contribution in [3.63, 3.8) is 0 Å². The highest BCUT2D eigenvalue weighted by molar-refractivity contribution is 5.15. The third-order valence-electron chi connectivity index (χ3n) is 3.30. The lowest BCUT2D eigenvalue weighted by molar-refractivity contribution is 0.483. The largest absolute Gasteiger partial charge is 0.330 e. The van der Waals surface area contributed by atoms with Gasteiger partial charge in [0.2, 0.25) is 0 Å². The molecule has 2 rings (SSSR count). The third kappa shape index (κ3) is 3.89. The molecule has 1 unspecified atom stereocenters. The summed E-state index contributed by atoms with van der Waals surface area (Å²) in [5.74, 6) is 1.47. The van der Waals surface area contributed by atoms with Crippen LogP contribution in [0.2, 0.25) is 0 Å². The maximum atomic E-state index is 5.90. The Bertz CT molecular complexity index is 478. The van der Waals surface area contributed by atoms with Gasteiger partial charge in [-0.2, -0.15) is 5.10 Å². The zero-order valence-electron chi connectivity index (χ0n) is 11.5. The van der Waals surface area contributed by atoms with Gasteiger partial charge in [-0.3, -0.25) is 4.68 Å². The summed E-state index contributed by atoms with van der Waals surface area (Å²) in [5, 5.41) is 4.27. The molecule has 1 aromatic carbocycles. The lowest BCUT2D eigenvalue weighted by Gasteiger charge is -2.14. The standard InChI is InChI=1S/C15H22N4/c1-2-8-19-15(17-12-18-19)10-14(11-16)9-13-6-4-3-5-7-13/h3-7,12,14H,2,8-11,16H2,1H3. The number of rotatable bonds is 7. The van der Waals surface area contributed by atoms with Crippen LogP contribution in [0.1, 0.15) is 24.7 Å². The predicted octanol–water partition coefficient (Wildman–Crippen LogP) is 2.05. The number of aromatic nitrogens is 3. The zero-order chi connectivity index (χ0) is 13.5. The molecule has 0 bridgehead atoms. The van der Waals surface area contributed by atoms with E-state index in [9.17, 15) is 0 Å². The lowest BCUT2D eigenvalue weighted by atomic mass is 9.96. The van der Waals surface area contributed by atoms with E-state index in [-0.39, 0.29) is 0 Å². The van der Waals surface area contributed by atoms with Gasteiger partial charge in [0.25, 0.3) is 0 Å². The molecule has 0 aliphatic heterocycles. The fourth-order valence-electron chi connectivity index (χ4n) is 2.29. The van der Waals surface area contributed by atoms with Crippen molar-refractivity contribution >= 4 is 0 Å². The van der Waals surface area contributed by atoms with Crippen molar-refractivity contribution in [2.24, 2.45) is 11.7 Å². The van der Waals surface area contributed by atoms with Crippen LogP contribution in [-0.2, 0) is 19.4 Å². The van der Waals surface area contributed by atoms with E-state index < -0.39 is 0 Å². The first-order valence-electron chi connectivity index (χ1n) is 6.94. The summed E-state index contributed by atoms with van der Waals surface area (Å²) >= 11 is 0. The molecule has 2 aromatic rings. The fourth-order valence-corrected chi connectivity index (χ4v) is 2.29. The molecule has 0 fully saturated rings. The maximum absolute atomic E-state index is 5.90. The predicted molar refractivity (Wildman–Crippen MR) is 76.7 cm³/mol. The zero-order valence-corrected chi connectivity index (χ0v) is 11.5. The SMILES string of the molecule is CCCn1ncnc1CC(CN)Cc1ccccc1. The molecule has 0 spiro atoms. The second-order valence-corrected chi connectivity index (χ2v) is 4.89. The van der Waals surface area contributed by atoms with Crippen LogP contribution in [0.25, 0.3) is 0 Å². The highest BCUT2D eigenvalue weighted by atomic mass is 15.3. The van der Waals surface area contributed by atoms with Crippen molar-refractivity contribution < 1.29 is 0 Å². The molecular weight excluding hydrogens is 236 g/mol. The molecule has 1 aromatic heterocycles. The molecule has 102 valence electrons. The summed E-state index contributed by atoms with van der Waals surface area (Å²) in [6, 6.07) is 10.5. The van der Waals surface area contributed by atoms with Crippen LogP contribution in [0.5, 0.6) is 0 Å². The van der Waals surface area contributed by atoms with E-state index in [2.05, 4.69) is 41.3 Å². The Morgan fingerprint density at radius 1 is 1.21 bits per heavy atom. The first kappa shape index (κ1) is 13.7. The number of nitrogens with zero attached hydrogens (tertiary/aromatic N) is 3. The van der Waals surface area contributed by atoms with Crippen molar-refractivity contribution in [2.45, 2.75) is 32.7 Å². The van der Waals surface area contributed by atoms with Gasteiger partial charge in [0.1, 0.15) is 12.2 Å². The molecule has 2 N–H and O–H groups in total. The number of hydrogen-bond acceptors (Lipinski definition) is 3. The summed E-state index contributed by atoms with van der Waals surface area (Å²) in [6.07, 6.45) is 4.60. The molecule has 4 heteroatoms. The fraction of sp³-hybridized carbons (Fsp3) is 0.467. The van der Waals surface area contributed by atoms with Crippen LogP contribution in [0, 0.1) is 5.92 Å². The van der Waals surface area contributed by atoms with Crippen LogP contribution in [-0.4, -0.2) is 21.3 Å². The quantitative estimate of drug-likeness (QED) is 0.827. The number of aryl methyl sites for hydroxylation is 1. The van der Waals surface area contributed by atoms with Crippen molar-refractivity contribution in [2.75, 3.05) is 6.54 Å². The van der Waals surface area contributed by atoms with E-state index in [0.29, 0.717) is 12.5 Å². The van der Waals surface area contributed by atoms with Gasteiger partial charge in [-0.1, -0.05) is 37.3 Å².